The van der Waals surface area contributed by atoms with E-state index in [4.69, 9.17) is 4.74 Å². The van der Waals surface area contributed by atoms with Crippen molar-refractivity contribution in [3.63, 3.8) is 0 Å². The van der Waals surface area contributed by atoms with Crippen molar-refractivity contribution in [3.8, 4) is 0 Å². The Balaban J connectivity index is 1.92. The Morgan fingerprint density at radius 1 is 1.19 bits per heavy atom. The van der Waals surface area contributed by atoms with Gasteiger partial charge in [0.1, 0.15) is 10.1 Å². The zero-order valence-electron chi connectivity index (χ0n) is 12.7. The summed E-state index contributed by atoms with van der Waals surface area (Å²) in [5.74, 6) is 0. The summed E-state index contributed by atoms with van der Waals surface area (Å²) in [6.45, 7) is 6.47. The van der Waals surface area contributed by atoms with E-state index in [2.05, 4.69) is 40.4 Å². The molecule has 2 rings (SSSR count). The van der Waals surface area contributed by atoms with Crippen LogP contribution in [0.4, 0.5) is 0 Å². The minimum atomic E-state index is 0.722. The molecule has 5 heteroatoms. The minimum absolute atomic E-state index is 0.722. The largest absolute Gasteiger partial charge is 0.383 e. The average Bonchev–Trinajstić information content (AvgIpc) is 2.44. The monoisotopic (exact) mass is 303 g/mol. The number of hydrogen-bond acceptors (Lipinski definition) is 5. The first-order valence-corrected chi connectivity index (χ1v) is 7.77. The third-order valence-electron chi connectivity index (χ3n) is 2.89. The molecular weight excluding hydrogens is 282 g/mol. The summed E-state index contributed by atoms with van der Waals surface area (Å²) >= 11 is 1.59. The second kappa shape index (κ2) is 8.12. The van der Waals surface area contributed by atoms with E-state index in [1.54, 1.807) is 18.9 Å². The van der Waals surface area contributed by atoms with E-state index in [-0.39, 0.29) is 0 Å². The summed E-state index contributed by atoms with van der Waals surface area (Å²) in [6.07, 6.45) is 1.91. The maximum atomic E-state index is 5.00. The van der Waals surface area contributed by atoms with Crippen molar-refractivity contribution in [1.82, 2.24) is 15.3 Å². The van der Waals surface area contributed by atoms with Crippen LogP contribution in [0.15, 0.2) is 40.5 Å². The molecule has 0 aromatic carbocycles. The molecule has 0 radical (unpaired) electrons. The Bertz CT molecular complexity index is 552. The lowest BCUT2D eigenvalue weighted by atomic mass is 10.3. The van der Waals surface area contributed by atoms with Crippen molar-refractivity contribution in [3.05, 3.63) is 47.3 Å². The SMILES string of the molecule is COCCNCc1ccc(Sc2cc(C)cc(C)n2)nc1. The summed E-state index contributed by atoms with van der Waals surface area (Å²) in [5.41, 5.74) is 3.43. The van der Waals surface area contributed by atoms with Crippen molar-refractivity contribution in [2.24, 2.45) is 0 Å². The van der Waals surface area contributed by atoms with Crippen molar-refractivity contribution >= 4 is 11.8 Å². The number of aromatic nitrogens is 2. The molecule has 0 saturated carbocycles. The van der Waals surface area contributed by atoms with Crippen LogP contribution in [0.1, 0.15) is 16.8 Å². The van der Waals surface area contributed by atoms with Gasteiger partial charge in [0.25, 0.3) is 0 Å². The number of nitrogens with one attached hydrogen (secondary N) is 1. The molecule has 0 aliphatic rings. The molecule has 0 fully saturated rings. The van der Waals surface area contributed by atoms with E-state index in [1.807, 2.05) is 19.2 Å². The van der Waals surface area contributed by atoms with Crippen LogP contribution in [0, 0.1) is 13.8 Å². The highest BCUT2D eigenvalue weighted by molar-refractivity contribution is 7.99. The van der Waals surface area contributed by atoms with Crippen molar-refractivity contribution in [2.45, 2.75) is 30.4 Å². The Morgan fingerprint density at radius 3 is 2.71 bits per heavy atom. The lowest BCUT2D eigenvalue weighted by Gasteiger charge is -2.06. The first-order chi connectivity index (χ1) is 10.2. The topological polar surface area (TPSA) is 47.0 Å². The van der Waals surface area contributed by atoms with Gasteiger partial charge in [-0.2, -0.15) is 0 Å². The number of methoxy groups -OCH3 is 1. The van der Waals surface area contributed by atoms with Crippen molar-refractivity contribution < 1.29 is 4.74 Å². The second-order valence-electron chi connectivity index (χ2n) is 4.90. The Labute approximate surface area is 130 Å². The van der Waals surface area contributed by atoms with Gasteiger partial charge in [-0.15, -0.1) is 0 Å². The fraction of sp³-hybridized carbons (Fsp3) is 0.375. The van der Waals surface area contributed by atoms with E-state index in [0.717, 1.165) is 35.4 Å². The number of nitrogens with zero attached hydrogens (tertiary/aromatic N) is 2. The van der Waals surface area contributed by atoms with Gasteiger partial charge in [-0.3, -0.25) is 0 Å². The first-order valence-electron chi connectivity index (χ1n) is 6.95. The molecule has 1 N–H and O–H groups in total. The molecule has 0 saturated heterocycles. The minimum Gasteiger partial charge on any atom is -0.383 e. The highest BCUT2D eigenvalue weighted by atomic mass is 32.2. The van der Waals surface area contributed by atoms with Gasteiger partial charge < -0.3 is 10.1 Å². The number of aryl methyl sites for hydroxylation is 2. The molecule has 2 aromatic heterocycles. The van der Waals surface area contributed by atoms with E-state index >= 15 is 0 Å². The summed E-state index contributed by atoms with van der Waals surface area (Å²) in [7, 11) is 1.70. The molecule has 0 aliphatic heterocycles. The van der Waals surface area contributed by atoms with Crippen molar-refractivity contribution in [1.29, 1.82) is 0 Å². The number of pyridine rings is 2. The molecule has 4 nitrogen and oxygen atoms in total. The van der Waals surface area contributed by atoms with Gasteiger partial charge in [-0.1, -0.05) is 17.8 Å². The highest BCUT2D eigenvalue weighted by Crippen LogP contribution is 2.25. The van der Waals surface area contributed by atoms with Crippen LogP contribution in [0.25, 0.3) is 0 Å². The maximum absolute atomic E-state index is 5.00. The zero-order chi connectivity index (χ0) is 15.1. The molecule has 2 aromatic rings. The zero-order valence-corrected chi connectivity index (χ0v) is 13.5. The van der Waals surface area contributed by atoms with E-state index < -0.39 is 0 Å². The van der Waals surface area contributed by atoms with Crippen LogP contribution in [0.3, 0.4) is 0 Å². The number of hydrogen-bond donors (Lipinski definition) is 1. The fourth-order valence-electron chi connectivity index (χ4n) is 1.95. The third kappa shape index (κ3) is 5.46. The molecule has 0 atom stereocenters. The summed E-state index contributed by atoms with van der Waals surface area (Å²) < 4.78 is 5.00. The summed E-state index contributed by atoms with van der Waals surface area (Å²) in [4.78, 5) is 9.00. The molecule has 0 unspecified atom stereocenters. The van der Waals surface area contributed by atoms with Crippen LogP contribution < -0.4 is 5.32 Å². The van der Waals surface area contributed by atoms with Gasteiger partial charge in [0.05, 0.1) is 6.61 Å². The second-order valence-corrected chi connectivity index (χ2v) is 5.94. The molecule has 0 bridgehead atoms. The smallest absolute Gasteiger partial charge is 0.103 e. The highest BCUT2D eigenvalue weighted by Gasteiger charge is 2.02. The van der Waals surface area contributed by atoms with Crippen LogP contribution in [0.5, 0.6) is 0 Å². The predicted octanol–water partition coefficient (Wildman–Crippen LogP) is 2.98. The third-order valence-corrected chi connectivity index (χ3v) is 3.76. The predicted molar refractivity (Wildman–Crippen MR) is 85.7 cm³/mol. The molecule has 0 spiro atoms. The fourth-order valence-corrected chi connectivity index (χ4v) is 2.84. The van der Waals surface area contributed by atoms with Gasteiger partial charge in [0, 0.05) is 32.1 Å². The van der Waals surface area contributed by atoms with Crippen LogP contribution in [-0.2, 0) is 11.3 Å². The van der Waals surface area contributed by atoms with Crippen LogP contribution in [-0.4, -0.2) is 30.2 Å². The van der Waals surface area contributed by atoms with E-state index in [0.29, 0.717) is 0 Å². The first kappa shape index (κ1) is 15.9. The molecule has 0 amide bonds. The van der Waals surface area contributed by atoms with Crippen LogP contribution in [0.2, 0.25) is 0 Å². The lowest BCUT2D eigenvalue weighted by Crippen LogP contribution is -2.18. The molecule has 112 valence electrons. The Hall–Kier alpha value is -1.43. The van der Waals surface area contributed by atoms with Gasteiger partial charge in [0.15, 0.2) is 0 Å². The van der Waals surface area contributed by atoms with Crippen LogP contribution >= 0.6 is 11.8 Å². The van der Waals surface area contributed by atoms with Gasteiger partial charge in [0.2, 0.25) is 0 Å². The molecule has 21 heavy (non-hydrogen) atoms. The summed E-state index contributed by atoms with van der Waals surface area (Å²) in [5, 5.41) is 5.26. The molecule has 2 heterocycles. The summed E-state index contributed by atoms with van der Waals surface area (Å²) in [6, 6.07) is 8.29. The average molecular weight is 303 g/mol. The number of rotatable bonds is 7. The van der Waals surface area contributed by atoms with E-state index in [1.165, 1.54) is 11.1 Å². The number of ether oxygens (including phenoxy) is 1. The maximum Gasteiger partial charge on any atom is 0.103 e. The quantitative estimate of drug-likeness (QED) is 0.797. The molecule has 0 aliphatic carbocycles. The van der Waals surface area contributed by atoms with E-state index in [9.17, 15) is 0 Å². The normalized spacial score (nSPS) is 10.8. The van der Waals surface area contributed by atoms with Crippen molar-refractivity contribution in [2.75, 3.05) is 20.3 Å². The Kier molecular flexibility index (Phi) is 6.17. The Morgan fingerprint density at radius 2 is 2.05 bits per heavy atom. The lowest BCUT2D eigenvalue weighted by molar-refractivity contribution is 0.199. The van der Waals surface area contributed by atoms with Gasteiger partial charge >= 0.3 is 0 Å². The van der Waals surface area contributed by atoms with Gasteiger partial charge in [-0.05, 0) is 43.2 Å². The molecular formula is C16H21N3OS. The standard InChI is InChI=1S/C16H21N3OS/c1-12-8-13(2)19-16(9-12)21-15-5-4-14(11-18-15)10-17-6-7-20-3/h4-5,8-9,11,17H,6-7,10H2,1-3H3. The van der Waals surface area contributed by atoms with Gasteiger partial charge in [-0.25, -0.2) is 9.97 Å².